The van der Waals surface area contributed by atoms with E-state index in [0.29, 0.717) is 13.0 Å². The summed E-state index contributed by atoms with van der Waals surface area (Å²) in [5, 5.41) is 9.57. The van der Waals surface area contributed by atoms with Crippen molar-refractivity contribution in [2.75, 3.05) is 19.8 Å². The minimum Gasteiger partial charge on any atom is -0.457 e. The summed E-state index contributed by atoms with van der Waals surface area (Å²) >= 11 is 0. The first kappa shape index (κ1) is 46.1. The first-order valence-corrected chi connectivity index (χ1v) is 20.4. The Balaban J connectivity index is 3.51. The summed E-state index contributed by atoms with van der Waals surface area (Å²) in [5.74, 6) is -0.224. The maximum Gasteiger partial charge on any atom is 0.306 e. The Labute approximate surface area is 298 Å². The average molecular weight is 671 g/mol. The number of hydrogen-bond donors (Lipinski definition) is 1. The Morgan fingerprint density at radius 1 is 0.521 bits per heavy atom. The summed E-state index contributed by atoms with van der Waals surface area (Å²) in [7, 11) is 0. The lowest BCUT2D eigenvalue weighted by atomic mass is 10.0. The van der Waals surface area contributed by atoms with Crippen LogP contribution in [-0.4, -0.2) is 37.0 Å². The van der Waals surface area contributed by atoms with E-state index in [4.69, 9.17) is 9.47 Å². The van der Waals surface area contributed by atoms with E-state index in [-0.39, 0.29) is 19.2 Å². The van der Waals surface area contributed by atoms with Gasteiger partial charge in [0.15, 0.2) is 0 Å². The van der Waals surface area contributed by atoms with Gasteiger partial charge in [0.05, 0.1) is 19.8 Å². The highest BCUT2D eigenvalue weighted by atomic mass is 16.6. The lowest BCUT2D eigenvalue weighted by Gasteiger charge is -2.15. The molecule has 0 bridgehead atoms. The Kier molecular flexibility index (Phi) is 39.6. The fourth-order valence-electron chi connectivity index (χ4n) is 5.63. The minimum absolute atomic E-state index is 0.202. The van der Waals surface area contributed by atoms with E-state index in [1.165, 1.54) is 116 Å². The number of aliphatic hydroxyl groups is 1. The zero-order chi connectivity index (χ0) is 34.9. The minimum atomic E-state index is -0.573. The molecule has 0 rings (SSSR count). The fraction of sp³-hybridized carbons (Fsp3) is 0.750. The van der Waals surface area contributed by atoms with Crippen LogP contribution in [0.1, 0.15) is 187 Å². The molecule has 1 N–H and O–H groups in total. The second-order valence-electron chi connectivity index (χ2n) is 13.3. The smallest absolute Gasteiger partial charge is 0.306 e. The van der Waals surface area contributed by atoms with Crippen LogP contribution in [0.2, 0.25) is 0 Å². The zero-order valence-corrected chi connectivity index (χ0v) is 31.7. The summed E-state index contributed by atoms with van der Waals surface area (Å²) in [4.78, 5) is 12.2. The molecule has 0 fully saturated rings. The van der Waals surface area contributed by atoms with Gasteiger partial charge in [-0.1, -0.05) is 197 Å². The highest BCUT2D eigenvalue weighted by molar-refractivity contribution is 5.69. The van der Waals surface area contributed by atoms with E-state index in [9.17, 15) is 9.90 Å². The molecule has 0 saturated carbocycles. The van der Waals surface area contributed by atoms with Crippen molar-refractivity contribution in [3.8, 4) is 0 Å². The third-order valence-corrected chi connectivity index (χ3v) is 8.63. The second kappa shape index (κ2) is 41.3. The number of hydrogen-bond acceptors (Lipinski definition) is 4. The molecule has 0 amide bonds. The van der Waals surface area contributed by atoms with Gasteiger partial charge in [0.25, 0.3) is 0 Å². The molecule has 0 aromatic rings. The molecular weight excluding hydrogens is 592 g/mol. The SMILES string of the molecule is CC/C=C\C/C=C\C/C=C\C/C=C\C/C=C\CCOCC(CO)OC(=O)CCCCCCCCCCCCCCCCCCCCCC. The summed E-state index contributed by atoms with van der Waals surface area (Å²) in [6.07, 6.45) is 54.4. The van der Waals surface area contributed by atoms with E-state index in [1.54, 1.807) is 0 Å². The van der Waals surface area contributed by atoms with Crippen LogP contribution in [0.3, 0.4) is 0 Å². The molecule has 0 radical (unpaired) electrons. The molecule has 4 nitrogen and oxygen atoms in total. The number of ether oxygens (including phenoxy) is 2. The predicted octanol–water partition coefficient (Wildman–Crippen LogP) is 13.3. The summed E-state index contributed by atoms with van der Waals surface area (Å²) in [5.41, 5.74) is 0. The van der Waals surface area contributed by atoms with E-state index in [1.807, 2.05) is 0 Å². The largest absolute Gasteiger partial charge is 0.457 e. The van der Waals surface area contributed by atoms with Crippen LogP contribution >= 0.6 is 0 Å². The Hall–Kier alpha value is -1.91. The Bertz CT molecular complexity index is 794. The lowest BCUT2D eigenvalue weighted by Crippen LogP contribution is -2.27. The Morgan fingerprint density at radius 2 is 0.896 bits per heavy atom. The standard InChI is InChI=1S/C44H78O4/c1-3-5-7-9-11-13-15-17-19-21-22-23-24-25-27-29-31-33-35-37-39-44(46)48-43(41-45)42-47-40-38-36-34-32-30-28-26-20-18-16-14-12-10-8-6-4-2/h6,8,12,14,18,20,28,30,34,36,43,45H,3-5,7,9-11,13,15-17,19,21-27,29,31-33,35,37-42H2,1-2H3/b8-6-,14-12-,20-18-,30-28-,36-34-. The van der Waals surface area contributed by atoms with Crippen LogP contribution in [0.5, 0.6) is 0 Å². The zero-order valence-electron chi connectivity index (χ0n) is 31.7. The van der Waals surface area contributed by atoms with Crippen LogP contribution in [0.4, 0.5) is 0 Å². The van der Waals surface area contributed by atoms with Crippen LogP contribution in [-0.2, 0) is 14.3 Å². The maximum atomic E-state index is 12.2. The molecule has 0 aromatic heterocycles. The number of carbonyl (C=O) groups excluding carboxylic acids is 1. The van der Waals surface area contributed by atoms with E-state index in [0.717, 1.165) is 51.4 Å². The van der Waals surface area contributed by atoms with Crippen molar-refractivity contribution in [2.24, 2.45) is 0 Å². The Morgan fingerprint density at radius 3 is 1.29 bits per heavy atom. The van der Waals surface area contributed by atoms with Gasteiger partial charge in [0, 0.05) is 6.42 Å². The number of carbonyl (C=O) groups is 1. The van der Waals surface area contributed by atoms with E-state index >= 15 is 0 Å². The molecule has 0 aliphatic carbocycles. The molecule has 278 valence electrons. The second-order valence-corrected chi connectivity index (χ2v) is 13.3. The molecule has 0 heterocycles. The molecule has 4 heteroatoms. The summed E-state index contributed by atoms with van der Waals surface area (Å²) in [6.45, 7) is 5.04. The molecule has 1 atom stereocenters. The molecule has 0 saturated heterocycles. The van der Waals surface area contributed by atoms with Gasteiger partial charge in [-0.2, -0.15) is 0 Å². The van der Waals surface area contributed by atoms with Crippen LogP contribution in [0.25, 0.3) is 0 Å². The van der Waals surface area contributed by atoms with Gasteiger partial charge < -0.3 is 14.6 Å². The average Bonchev–Trinajstić information content (AvgIpc) is 3.09. The van der Waals surface area contributed by atoms with Crippen molar-refractivity contribution in [1.82, 2.24) is 0 Å². The van der Waals surface area contributed by atoms with Crippen LogP contribution in [0, 0.1) is 0 Å². The van der Waals surface area contributed by atoms with Crippen molar-refractivity contribution in [3.05, 3.63) is 60.8 Å². The predicted molar refractivity (Wildman–Crippen MR) is 209 cm³/mol. The van der Waals surface area contributed by atoms with E-state index < -0.39 is 6.10 Å². The maximum absolute atomic E-state index is 12.2. The third kappa shape index (κ3) is 38.5. The number of rotatable bonds is 37. The molecule has 1 unspecified atom stereocenters. The highest BCUT2D eigenvalue weighted by Crippen LogP contribution is 2.15. The van der Waals surface area contributed by atoms with Gasteiger partial charge in [0.1, 0.15) is 6.10 Å². The number of aliphatic hydroxyl groups excluding tert-OH is 1. The molecule has 0 aliphatic rings. The van der Waals surface area contributed by atoms with Crippen molar-refractivity contribution >= 4 is 5.97 Å². The van der Waals surface area contributed by atoms with Crippen LogP contribution < -0.4 is 0 Å². The first-order chi connectivity index (χ1) is 23.7. The molecule has 0 aliphatic heterocycles. The van der Waals surface area contributed by atoms with Crippen molar-refractivity contribution < 1.29 is 19.4 Å². The van der Waals surface area contributed by atoms with Crippen LogP contribution in [0.15, 0.2) is 60.8 Å². The van der Waals surface area contributed by atoms with E-state index in [2.05, 4.69) is 74.6 Å². The van der Waals surface area contributed by atoms with Crippen molar-refractivity contribution in [2.45, 2.75) is 193 Å². The number of unbranched alkanes of at least 4 members (excludes halogenated alkanes) is 19. The topological polar surface area (TPSA) is 55.8 Å². The number of allylic oxidation sites excluding steroid dienone is 9. The van der Waals surface area contributed by atoms with Gasteiger partial charge in [-0.3, -0.25) is 4.79 Å². The quantitative estimate of drug-likeness (QED) is 0.0406. The molecule has 48 heavy (non-hydrogen) atoms. The van der Waals surface area contributed by atoms with Crippen molar-refractivity contribution in [3.63, 3.8) is 0 Å². The highest BCUT2D eigenvalue weighted by Gasteiger charge is 2.13. The lowest BCUT2D eigenvalue weighted by molar-refractivity contribution is -0.154. The summed E-state index contributed by atoms with van der Waals surface area (Å²) in [6, 6.07) is 0. The first-order valence-electron chi connectivity index (χ1n) is 20.4. The van der Waals surface area contributed by atoms with Gasteiger partial charge in [-0.15, -0.1) is 0 Å². The summed E-state index contributed by atoms with van der Waals surface area (Å²) < 4.78 is 11.0. The third-order valence-electron chi connectivity index (χ3n) is 8.63. The van der Waals surface area contributed by atoms with Gasteiger partial charge in [-0.05, 0) is 44.9 Å². The van der Waals surface area contributed by atoms with Gasteiger partial charge in [0.2, 0.25) is 0 Å². The monoisotopic (exact) mass is 671 g/mol. The normalized spacial score (nSPS) is 13.0. The van der Waals surface area contributed by atoms with Crippen molar-refractivity contribution in [1.29, 1.82) is 0 Å². The molecule has 0 spiro atoms. The molecular formula is C44H78O4. The van der Waals surface area contributed by atoms with Gasteiger partial charge >= 0.3 is 5.97 Å². The number of esters is 1. The van der Waals surface area contributed by atoms with Gasteiger partial charge in [-0.25, -0.2) is 0 Å². The molecule has 0 aromatic carbocycles. The fourth-order valence-corrected chi connectivity index (χ4v) is 5.63.